The molecular weight excluding hydrogens is 409 g/mol. The summed E-state index contributed by atoms with van der Waals surface area (Å²) in [7, 11) is 0. The van der Waals surface area contributed by atoms with Crippen molar-refractivity contribution in [3.63, 3.8) is 0 Å². The van der Waals surface area contributed by atoms with E-state index in [1.165, 1.54) is 0 Å². The zero-order valence-electron chi connectivity index (χ0n) is 14.9. The van der Waals surface area contributed by atoms with Crippen molar-refractivity contribution >= 4 is 52.5 Å². The predicted octanol–water partition coefficient (Wildman–Crippen LogP) is 7.36. The lowest BCUT2D eigenvalue weighted by Crippen LogP contribution is -2.27. The van der Waals surface area contributed by atoms with Gasteiger partial charge in [0.15, 0.2) is 0 Å². The van der Waals surface area contributed by atoms with Crippen LogP contribution < -0.4 is 0 Å². The van der Waals surface area contributed by atoms with E-state index in [-0.39, 0.29) is 15.9 Å². The van der Waals surface area contributed by atoms with E-state index >= 15 is 0 Å². The molecule has 0 bridgehead atoms. The summed E-state index contributed by atoms with van der Waals surface area (Å²) in [5.41, 5.74) is 2.02. The lowest BCUT2D eigenvalue weighted by atomic mass is 10.0. The summed E-state index contributed by atoms with van der Waals surface area (Å²) < 4.78 is 4.00. The van der Waals surface area contributed by atoms with E-state index in [0.29, 0.717) is 0 Å². The van der Waals surface area contributed by atoms with Gasteiger partial charge < -0.3 is 4.74 Å². The highest BCUT2D eigenvalue weighted by Gasteiger charge is 2.36. The molecule has 0 heterocycles. The number of rotatable bonds is 5. The van der Waals surface area contributed by atoms with Gasteiger partial charge in [-0.2, -0.15) is 0 Å². The van der Waals surface area contributed by atoms with Crippen LogP contribution in [0, 0.1) is 5.41 Å². The van der Waals surface area contributed by atoms with Crippen LogP contribution in [-0.2, 0) is 4.74 Å². The van der Waals surface area contributed by atoms with Crippen molar-refractivity contribution in [3.8, 4) is 0 Å². The van der Waals surface area contributed by atoms with Gasteiger partial charge in [0, 0.05) is 4.75 Å². The molecule has 140 valence electrons. The van der Waals surface area contributed by atoms with Gasteiger partial charge >= 0.3 is 0 Å². The Hall–Kier alpha value is -0.870. The third-order valence-corrected chi connectivity index (χ3v) is 5.51. The first-order valence-corrected chi connectivity index (χ1v) is 10.2. The third kappa shape index (κ3) is 6.38. The normalized spacial score (nSPS) is 14.5. The lowest BCUT2D eigenvalue weighted by molar-refractivity contribution is 0.182. The second-order valence-electron chi connectivity index (χ2n) is 6.84. The Balaban J connectivity index is 2.49. The molecule has 0 spiro atoms. The molecule has 0 aliphatic rings. The summed E-state index contributed by atoms with van der Waals surface area (Å²) >= 11 is 19.4. The Morgan fingerprint density at radius 2 is 1.35 bits per heavy atom. The van der Waals surface area contributed by atoms with Crippen molar-refractivity contribution in [3.05, 3.63) is 71.8 Å². The van der Waals surface area contributed by atoms with Crippen LogP contribution in [0.15, 0.2) is 60.7 Å². The topological polar surface area (TPSA) is 33.1 Å². The van der Waals surface area contributed by atoms with E-state index in [2.05, 4.69) is 32.9 Å². The van der Waals surface area contributed by atoms with Crippen molar-refractivity contribution in [2.24, 2.45) is 0 Å². The van der Waals surface area contributed by atoms with Gasteiger partial charge in [-0.05, 0) is 11.1 Å². The number of nitrogens with one attached hydrogen (secondary N) is 1. The first-order valence-electron chi connectivity index (χ1n) is 8.18. The molecular formula is C20H22Cl3NOS. The van der Waals surface area contributed by atoms with Crippen LogP contribution in [0.5, 0.6) is 0 Å². The Morgan fingerprint density at radius 1 is 0.885 bits per heavy atom. The number of benzene rings is 2. The summed E-state index contributed by atoms with van der Waals surface area (Å²) in [6.45, 7) is 6.45. The minimum atomic E-state index is -1.90. The SMILES string of the molecule is CC(C)(C)S[C@H](c1ccccc1)[C@H](OC(=N)C(Cl)(Cl)Cl)c1ccccc1. The van der Waals surface area contributed by atoms with E-state index < -0.39 is 9.90 Å². The summed E-state index contributed by atoms with van der Waals surface area (Å²) in [6, 6.07) is 19.8. The van der Waals surface area contributed by atoms with E-state index in [1.807, 2.05) is 48.5 Å². The van der Waals surface area contributed by atoms with Gasteiger partial charge in [-0.1, -0.05) is 116 Å². The van der Waals surface area contributed by atoms with Crippen LogP contribution in [0.1, 0.15) is 43.3 Å². The highest BCUT2D eigenvalue weighted by atomic mass is 35.6. The minimum absolute atomic E-state index is 0.0287. The molecule has 0 saturated heterocycles. The maximum absolute atomic E-state index is 8.08. The highest BCUT2D eigenvalue weighted by molar-refractivity contribution is 8.00. The molecule has 2 aromatic rings. The highest BCUT2D eigenvalue weighted by Crippen LogP contribution is 2.48. The maximum atomic E-state index is 8.08. The maximum Gasteiger partial charge on any atom is 0.265 e. The second-order valence-corrected chi connectivity index (χ2v) is 11.1. The Morgan fingerprint density at radius 3 is 1.77 bits per heavy atom. The summed E-state index contributed by atoms with van der Waals surface area (Å²) in [5, 5.41) is 8.00. The first kappa shape index (κ1) is 21.4. The molecule has 2 aromatic carbocycles. The standard InChI is InChI=1S/C20H22Cl3NOS/c1-19(2,3)26-17(15-12-8-5-9-13-15)16(14-10-6-4-7-11-14)25-18(24)20(21,22)23/h4-13,16-17,24H,1-3H3/t16-,17-/m1/s1. The third-order valence-electron chi connectivity index (χ3n) is 3.51. The summed E-state index contributed by atoms with van der Waals surface area (Å²) in [4.78, 5) is 0. The van der Waals surface area contributed by atoms with Crippen LogP contribution in [0.25, 0.3) is 0 Å². The van der Waals surface area contributed by atoms with Gasteiger partial charge in [-0.15, -0.1) is 11.8 Å². The van der Waals surface area contributed by atoms with Crippen LogP contribution >= 0.6 is 46.6 Å². The van der Waals surface area contributed by atoms with E-state index in [9.17, 15) is 0 Å². The van der Waals surface area contributed by atoms with Crippen LogP contribution in [0.4, 0.5) is 0 Å². The monoisotopic (exact) mass is 429 g/mol. The van der Waals surface area contributed by atoms with E-state index in [1.54, 1.807) is 11.8 Å². The van der Waals surface area contributed by atoms with Crippen molar-refractivity contribution in [1.82, 2.24) is 0 Å². The Kier molecular flexibility index (Phi) is 7.32. The fourth-order valence-electron chi connectivity index (χ4n) is 2.47. The molecule has 0 aromatic heterocycles. The molecule has 2 nitrogen and oxygen atoms in total. The van der Waals surface area contributed by atoms with Gasteiger partial charge in [-0.25, -0.2) is 0 Å². The van der Waals surface area contributed by atoms with E-state index in [0.717, 1.165) is 11.1 Å². The average molecular weight is 431 g/mol. The zero-order valence-corrected chi connectivity index (χ0v) is 18.0. The largest absolute Gasteiger partial charge is 0.468 e. The molecule has 0 saturated carbocycles. The minimum Gasteiger partial charge on any atom is -0.468 e. The van der Waals surface area contributed by atoms with Crippen molar-refractivity contribution in [2.75, 3.05) is 0 Å². The van der Waals surface area contributed by atoms with Gasteiger partial charge in [-0.3, -0.25) is 5.41 Å². The molecule has 6 heteroatoms. The molecule has 0 radical (unpaired) electrons. The van der Waals surface area contributed by atoms with Crippen LogP contribution in [0.2, 0.25) is 0 Å². The molecule has 0 unspecified atom stereocenters. The molecule has 0 amide bonds. The first-order chi connectivity index (χ1) is 12.1. The number of hydrogen-bond donors (Lipinski definition) is 1. The molecule has 1 N–H and O–H groups in total. The Bertz CT molecular complexity index is 711. The average Bonchev–Trinajstić information content (AvgIpc) is 2.57. The molecule has 0 fully saturated rings. The predicted molar refractivity (Wildman–Crippen MR) is 115 cm³/mol. The quantitative estimate of drug-likeness (QED) is 0.305. The second kappa shape index (κ2) is 8.88. The smallest absolute Gasteiger partial charge is 0.265 e. The molecule has 0 aliphatic heterocycles. The molecule has 26 heavy (non-hydrogen) atoms. The molecule has 2 atom stereocenters. The van der Waals surface area contributed by atoms with Gasteiger partial charge in [0.1, 0.15) is 6.10 Å². The Labute approximate surface area is 174 Å². The number of ether oxygens (including phenoxy) is 1. The number of hydrogen-bond acceptors (Lipinski definition) is 3. The number of alkyl halides is 3. The van der Waals surface area contributed by atoms with Crippen LogP contribution in [-0.4, -0.2) is 14.4 Å². The van der Waals surface area contributed by atoms with Gasteiger partial charge in [0.2, 0.25) is 5.90 Å². The molecule has 0 aliphatic carbocycles. The number of thioether (sulfide) groups is 1. The van der Waals surface area contributed by atoms with Gasteiger partial charge in [0.05, 0.1) is 5.25 Å². The van der Waals surface area contributed by atoms with Crippen molar-refractivity contribution in [2.45, 2.75) is 40.7 Å². The molecule has 2 rings (SSSR count). The fraction of sp³-hybridized carbons (Fsp3) is 0.350. The van der Waals surface area contributed by atoms with Crippen LogP contribution in [0.3, 0.4) is 0 Å². The van der Waals surface area contributed by atoms with Crippen molar-refractivity contribution < 1.29 is 4.74 Å². The van der Waals surface area contributed by atoms with Crippen molar-refractivity contribution in [1.29, 1.82) is 5.41 Å². The zero-order chi connectivity index (χ0) is 19.4. The van der Waals surface area contributed by atoms with Gasteiger partial charge in [0.25, 0.3) is 3.79 Å². The lowest BCUT2D eigenvalue weighted by Gasteiger charge is -2.33. The van der Waals surface area contributed by atoms with E-state index in [4.69, 9.17) is 44.9 Å². The fourth-order valence-corrected chi connectivity index (χ4v) is 3.99. The summed E-state index contributed by atoms with van der Waals surface area (Å²) in [6.07, 6.45) is -0.467. The number of halogens is 3. The summed E-state index contributed by atoms with van der Waals surface area (Å²) in [5.74, 6) is -0.383.